The second kappa shape index (κ2) is 13.9. The second-order valence-corrected chi connectivity index (χ2v) is 7.85. The molecule has 1 aromatic carbocycles. The standard InChI is InChI=1S/C26H30F3N3O4/c1-4-31-24-16-19(15-20(25(34)35-5-2)7-6-14-30-17-33)8-13-23(24)18(3)32-21-9-11-22(12-10-21)36-26(27,28)29/h4,8-13,16-17,20,32H,1,5-7,14-15H2,2-3H3,(H,30,33)/b23-18+,31-24-. The van der Waals surface area contributed by atoms with Gasteiger partial charge in [-0.1, -0.05) is 18.7 Å². The molecule has 1 atom stereocenters. The van der Waals surface area contributed by atoms with E-state index in [9.17, 15) is 22.8 Å². The van der Waals surface area contributed by atoms with Gasteiger partial charge in [-0.05, 0) is 69.0 Å². The lowest BCUT2D eigenvalue weighted by molar-refractivity contribution is -0.274. The number of hydrogen-bond acceptors (Lipinski definition) is 6. The van der Waals surface area contributed by atoms with Crippen LogP contribution in [0.4, 0.5) is 18.9 Å². The van der Waals surface area contributed by atoms with Crippen LogP contribution in [0.1, 0.15) is 33.1 Å². The number of rotatable bonds is 13. The van der Waals surface area contributed by atoms with E-state index in [0.29, 0.717) is 49.3 Å². The van der Waals surface area contributed by atoms with Gasteiger partial charge in [-0.3, -0.25) is 14.6 Å². The number of carbonyl (C=O) groups is 2. The van der Waals surface area contributed by atoms with E-state index in [1.54, 1.807) is 6.92 Å². The van der Waals surface area contributed by atoms with Crippen LogP contribution in [0.3, 0.4) is 0 Å². The van der Waals surface area contributed by atoms with Crippen molar-refractivity contribution in [3.8, 4) is 5.75 Å². The Balaban J connectivity index is 2.17. The van der Waals surface area contributed by atoms with Crippen LogP contribution in [-0.2, 0) is 14.3 Å². The molecule has 0 bridgehead atoms. The fourth-order valence-electron chi connectivity index (χ4n) is 3.61. The van der Waals surface area contributed by atoms with Crippen LogP contribution in [0.5, 0.6) is 5.75 Å². The summed E-state index contributed by atoms with van der Waals surface area (Å²) in [4.78, 5) is 27.3. The molecule has 36 heavy (non-hydrogen) atoms. The number of alkyl halides is 3. The number of nitrogens with zero attached hydrogens (tertiary/aromatic N) is 1. The Hall–Kier alpha value is -3.82. The zero-order chi connectivity index (χ0) is 26.6. The van der Waals surface area contributed by atoms with E-state index in [2.05, 4.69) is 26.9 Å². The first kappa shape index (κ1) is 28.4. The monoisotopic (exact) mass is 505 g/mol. The summed E-state index contributed by atoms with van der Waals surface area (Å²) in [5.41, 5.74) is 3.55. The minimum Gasteiger partial charge on any atom is -0.466 e. The Labute approximate surface area is 208 Å². The molecular weight excluding hydrogens is 475 g/mol. The van der Waals surface area contributed by atoms with Gasteiger partial charge in [0.1, 0.15) is 5.75 Å². The maximum atomic E-state index is 12.5. The molecule has 2 rings (SSSR count). The second-order valence-electron chi connectivity index (χ2n) is 7.85. The van der Waals surface area contributed by atoms with Crippen molar-refractivity contribution in [1.82, 2.24) is 5.32 Å². The van der Waals surface area contributed by atoms with Crippen molar-refractivity contribution >= 4 is 23.8 Å². The van der Waals surface area contributed by atoms with Crippen LogP contribution < -0.4 is 15.4 Å². The molecule has 10 heteroatoms. The van der Waals surface area contributed by atoms with Crippen LogP contribution in [0.15, 0.2) is 77.1 Å². The van der Waals surface area contributed by atoms with E-state index >= 15 is 0 Å². The highest BCUT2D eigenvalue weighted by atomic mass is 19.4. The highest BCUT2D eigenvalue weighted by Gasteiger charge is 2.31. The molecule has 0 saturated carbocycles. The first-order chi connectivity index (χ1) is 17.2. The molecule has 2 N–H and O–H groups in total. The average molecular weight is 506 g/mol. The van der Waals surface area contributed by atoms with Gasteiger partial charge in [-0.25, -0.2) is 0 Å². The third kappa shape index (κ3) is 9.44. The Kier molecular flexibility index (Phi) is 11.0. The Bertz CT molecular complexity index is 1040. The fraction of sp³-hybridized carbons (Fsp3) is 0.346. The normalized spacial score (nSPS) is 16.6. The number of carbonyl (C=O) groups excluding carboxylic acids is 2. The number of benzene rings is 1. The number of aliphatic imine (C=N–C) groups is 1. The largest absolute Gasteiger partial charge is 0.573 e. The molecule has 1 aliphatic rings. The summed E-state index contributed by atoms with van der Waals surface area (Å²) in [7, 11) is 0. The van der Waals surface area contributed by atoms with Crippen LogP contribution in [-0.4, -0.2) is 37.6 Å². The zero-order valence-corrected chi connectivity index (χ0v) is 20.2. The lowest BCUT2D eigenvalue weighted by atomic mass is 9.89. The van der Waals surface area contributed by atoms with E-state index in [4.69, 9.17) is 4.74 Å². The summed E-state index contributed by atoms with van der Waals surface area (Å²) in [6.45, 7) is 7.99. The Morgan fingerprint density at radius 2 is 1.94 bits per heavy atom. The smallest absolute Gasteiger partial charge is 0.466 e. The summed E-state index contributed by atoms with van der Waals surface area (Å²) in [6, 6.07) is 5.40. The van der Waals surface area contributed by atoms with E-state index in [-0.39, 0.29) is 24.2 Å². The van der Waals surface area contributed by atoms with Gasteiger partial charge >= 0.3 is 12.3 Å². The minimum absolute atomic E-state index is 0.279. The number of esters is 1. The van der Waals surface area contributed by atoms with Crippen molar-refractivity contribution < 1.29 is 32.2 Å². The van der Waals surface area contributed by atoms with E-state index in [1.807, 2.05) is 25.2 Å². The fourth-order valence-corrected chi connectivity index (χ4v) is 3.61. The molecule has 0 saturated heterocycles. The van der Waals surface area contributed by atoms with Gasteiger partial charge in [0.25, 0.3) is 0 Å². The molecule has 194 valence electrons. The number of ether oxygens (including phenoxy) is 2. The van der Waals surface area contributed by atoms with Gasteiger partial charge in [0, 0.05) is 29.7 Å². The van der Waals surface area contributed by atoms with Crippen molar-refractivity contribution in [2.45, 2.75) is 39.5 Å². The number of halogens is 3. The van der Waals surface area contributed by atoms with E-state index in [1.165, 1.54) is 30.5 Å². The Morgan fingerprint density at radius 1 is 1.22 bits per heavy atom. The van der Waals surface area contributed by atoms with Gasteiger partial charge in [-0.2, -0.15) is 0 Å². The molecule has 1 aromatic rings. The highest BCUT2D eigenvalue weighted by molar-refractivity contribution is 6.13. The lowest BCUT2D eigenvalue weighted by Gasteiger charge is -2.20. The first-order valence-corrected chi connectivity index (χ1v) is 11.4. The molecule has 0 radical (unpaired) electrons. The topological polar surface area (TPSA) is 89.0 Å². The lowest BCUT2D eigenvalue weighted by Crippen LogP contribution is -2.21. The van der Waals surface area contributed by atoms with Crippen LogP contribution in [0.2, 0.25) is 0 Å². The number of hydrogen-bond donors (Lipinski definition) is 2. The number of allylic oxidation sites excluding steroid dienone is 6. The maximum Gasteiger partial charge on any atom is 0.573 e. The van der Waals surface area contributed by atoms with Gasteiger partial charge < -0.3 is 20.1 Å². The molecule has 0 spiro atoms. The molecule has 1 aliphatic carbocycles. The predicted molar refractivity (Wildman–Crippen MR) is 132 cm³/mol. The summed E-state index contributed by atoms with van der Waals surface area (Å²) in [5.74, 6) is -0.978. The molecule has 0 heterocycles. The van der Waals surface area contributed by atoms with Gasteiger partial charge in [0.05, 0.1) is 18.2 Å². The van der Waals surface area contributed by atoms with Crippen LogP contribution in [0.25, 0.3) is 0 Å². The molecule has 1 unspecified atom stereocenters. The third-order valence-electron chi connectivity index (χ3n) is 5.18. The van der Waals surface area contributed by atoms with Crippen molar-refractivity contribution in [3.05, 3.63) is 72.1 Å². The summed E-state index contributed by atoms with van der Waals surface area (Å²) >= 11 is 0. The number of anilines is 1. The maximum absolute atomic E-state index is 12.5. The number of amides is 1. The van der Waals surface area contributed by atoms with Crippen LogP contribution in [0, 0.1) is 5.92 Å². The molecule has 7 nitrogen and oxygen atoms in total. The zero-order valence-electron chi connectivity index (χ0n) is 20.2. The molecule has 0 aliphatic heterocycles. The summed E-state index contributed by atoms with van der Waals surface area (Å²) in [5, 5.41) is 5.75. The van der Waals surface area contributed by atoms with Crippen molar-refractivity contribution in [3.63, 3.8) is 0 Å². The minimum atomic E-state index is -4.75. The van der Waals surface area contributed by atoms with E-state index < -0.39 is 6.36 Å². The van der Waals surface area contributed by atoms with Crippen molar-refractivity contribution in [2.24, 2.45) is 10.9 Å². The third-order valence-corrected chi connectivity index (χ3v) is 5.18. The summed E-state index contributed by atoms with van der Waals surface area (Å²) in [6.07, 6.45) is 4.51. The van der Waals surface area contributed by atoms with Crippen molar-refractivity contribution in [2.75, 3.05) is 18.5 Å². The van der Waals surface area contributed by atoms with E-state index in [0.717, 1.165) is 11.1 Å². The average Bonchev–Trinajstić information content (AvgIpc) is 2.82. The highest BCUT2D eigenvalue weighted by Crippen LogP contribution is 2.27. The van der Waals surface area contributed by atoms with Gasteiger partial charge in [0.2, 0.25) is 6.41 Å². The Morgan fingerprint density at radius 3 is 2.56 bits per heavy atom. The van der Waals surface area contributed by atoms with Gasteiger partial charge in [0.15, 0.2) is 0 Å². The molecule has 0 fully saturated rings. The molecule has 1 amide bonds. The quantitative estimate of drug-likeness (QED) is 0.212. The van der Waals surface area contributed by atoms with Gasteiger partial charge in [-0.15, -0.1) is 13.2 Å². The van der Waals surface area contributed by atoms with Crippen LogP contribution >= 0.6 is 0 Å². The predicted octanol–water partition coefficient (Wildman–Crippen LogP) is 5.45. The number of nitrogens with one attached hydrogen (secondary N) is 2. The molecular formula is C26H30F3N3O4. The molecule has 0 aromatic heterocycles. The van der Waals surface area contributed by atoms with Crippen molar-refractivity contribution in [1.29, 1.82) is 0 Å². The first-order valence-electron chi connectivity index (χ1n) is 11.4. The summed E-state index contributed by atoms with van der Waals surface area (Å²) < 4.78 is 46.2. The SMILES string of the molecule is C=C/N=C1/C=C(CC(CCCNC=O)C(=O)OCC)C=C/C1=C(/C)Nc1ccc(OC(F)(F)F)cc1.